The molecule has 1 aromatic rings. The van der Waals surface area contributed by atoms with E-state index >= 15 is 0 Å². The third-order valence-electron chi connectivity index (χ3n) is 3.22. The largest absolute Gasteiger partial charge is 0.428 e. The summed E-state index contributed by atoms with van der Waals surface area (Å²) in [6, 6.07) is 0. The molecular formula is C12H21N3O. The van der Waals surface area contributed by atoms with Crippen LogP contribution in [0, 0.1) is 0 Å². The predicted molar refractivity (Wildman–Crippen MR) is 62.1 cm³/mol. The highest BCUT2D eigenvalue weighted by Gasteiger charge is 2.08. The van der Waals surface area contributed by atoms with Crippen molar-refractivity contribution in [1.29, 1.82) is 0 Å². The Labute approximate surface area is 97.0 Å². The zero-order chi connectivity index (χ0) is 11.1. The molecule has 0 saturated carbocycles. The molecule has 1 aliphatic heterocycles. The summed E-state index contributed by atoms with van der Waals surface area (Å²) in [5.41, 5.74) is 0. The maximum Gasteiger partial charge on any atom is 0.216 e. The van der Waals surface area contributed by atoms with Crippen molar-refractivity contribution in [3.05, 3.63) is 12.3 Å². The number of nitrogens with zero attached hydrogens (tertiary/aromatic N) is 3. The van der Waals surface area contributed by atoms with Crippen LogP contribution in [0.5, 0.6) is 0 Å². The topological polar surface area (TPSA) is 42.2 Å². The molecule has 0 aliphatic carbocycles. The lowest BCUT2D eigenvalue weighted by molar-refractivity contribution is 0.243. The van der Waals surface area contributed by atoms with Gasteiger partial charge in [0.15, 0.2) is 0 Å². The average molecular weight is 223 g/mol. The minimum absolute atomic E-state index is 0.770. The zero-order valence-electron chi connectivity index (χ0n) is 9.90. The fourth-order valence-electron chi connectivity index (χ4n) is 2.30. The number of aromatic nitrogens is 2. The third kappa shape index (κ3) is 3.93. The molecule has 4 heteroatoms. The predicted octanol–water partition coefficient (Wildman–Crippen LogP) is 2.27. The maximum absolute atomic E-state index is 5.13. The summed E-state index contributed by atoms with van der Waals surface area (Å²) < 4.78 is 5.13. The van der Waals surface area contributed by atoms with Gasteiger partial charge in [-0.05, 0) is 38.9 Å². The first-order chi connectivity index (χ1) is 7.95. The number of likely N-dealkylation sites (tertiary alicyclic amines) is 1. The van der Waals surface area contributed by atoms with Gasteiger partial charge in [0.05, 0.1) is 0 Å². The highest BCUT2D eigenvalue weighted by atomic mass is 16.4. The minimum Gasteiger partial charge on any atom is -0.428 e. The smallest absolute Gasteiger partial charge is 0.216 e. The molecule has 0 N–H and O–H groups in total. The van der Waals surface area contributed by atoms with E-state index in [4.69, 9.17) is 4.42 Å². The van der Waals surface area contributed by atoms with Gasteiger partial charge in [0.1, 0.15) is 0 Å². The van der Waals surface area contributed by atoms with Gasteiger partial charge in [-0.2, -0.15) is 0 Å². The van der Waals surface area contributed by atoms with Crippen molar-refractivity contribution in [2.24, 2.45) is 0 Å². The van der Waals surface area contributed by atoms with Gasteiger partial charge < -0.3 is 9.32 Å². The van der Waals surface area contributed by atoms with Crippen LogP contribution in [0.4, 0.5) is 0 Å². The highest BCUT2D eigenvalue weighted by Crippen LogP contribution is 2.11. The van der Waals surface area contributed by atoms with Crippen LogP contribution in [0.2, 0.25) is 0 Å². The van der Waals surface area contributed by atoms with Crippen LogP contribution in [0.15, 0.2) is 10.8 Å². The van der Waals surface area contributed by atoms with Crippen molar-refractivity contribution in [2.45, 2.75) is 44.9 Å². The van der Waals surface area contributed by atoms with Crippen LogP contribution >= 0.6 is 0 Å². The van der Waals surface area contributed by atoms with Gasteiger partial charge in [0.2, 0.25) is 12.3 Å². The summed E-state index contributed by atoms with van der Waals surface area (Å²) in [4.78, 5) is 2.58. The molecule has 0 spiro atoms. The van der Waals surface area contributed by atoms with Gasteiger partial charge in [-0.25, -0.2) is 0 Å². The van der Waals surface area contributed by atoms with Crippen LogP contribution in [0.1, 0.15) is 44.4 Å². The van der Waals surface area contributed by atoms with E-state index in [9.17, 15) is 0 Å². The second-order valence-corrected chi connectivity index (χ2v) is 4.55. The highest BCUT2D eigenvalue weighted by molar-refractivity contribution is 4.73. The van der Waals surface area contributed by atoms with Gasteiger partial charge in [-0.3, -0.25) is 0 Å². The number of rotatable bonds is 4. The first-order valence-corrected chi connectivity index (χ1v) is 6.42. The Balaban J connectivity index is 1.64. The fourth-order valence-corrected chi connectivity index (χ4v) is 2.30. The molecule has 4 nitrogen and oxygen atoms in total. The van der Waals surface area contributed by atoms with Crippen molar-refractivity contribution in [3.8, 4) is 0 Å². The Morgan fingerprint density at radius 3 is 2.56 bits per heavy atom. The summed E-state index contributed by atoms with van der Waals surface area (Å²) in [6.45, 7) is 3.70. The van der Waals surface area contributed by atoms with E-state index in [2.05, 4.69) is 15.1 Å². The maximum atomic E-state index is 5.13. The summed E-state index contributed by atoms with van der Waals surface area (Å²) in [7, 11) is 0. The summed E-state index contributed by atoms with van der Waals surface area (Å²) >= 11 is 0. The van der Waals surface area contributed by atoms with Crippen LogP contribution in [-0.2, 0) is 6.42 Å². The number of aryl methyl sites for hydroxylation is 1. The van der Waals surface area contributed by atoms with Crippen molar-refractivity contribution in [1.82, 2.24) is 15.1 Å². The van der Waals surface area contributed by atoms with Crippen LogP contribution in [0.25, 0.3) is 0 Å². The molecule has 2 rings (SSSR count). The Kier molecular flexibility index (Phi) is 4.80. The van der Waals surface area contributed by atoms with E-state index in [0.29, 0.717) is 0 Å². The first kappa shape index (κ1) is 11.6. The molecular weight excluding hydrogens is 202 g/mol. The van der Waals surface area contributed by atoms with Gasteiger partial charge in [-0.1, -0.05) is 19.3 Å². The molecule has 0 radical (unpaired) electrons. The van der Waals surface area contributed by atoms with Crippen molar-refractivity contribution >= 4 is 0 Å². The van der Waals surface area contributed by atoms with Crippen LogP contribution < -0.4 is 0 Å². The monoisotopic (exact) mass is 223 g/mol. The van der Waals surface area contributed by atoms with E-state index < -0.39 is 0 Å². The van der Waals surface area contributed by atoms with Gasteiger partial charge >= 0.3 is 0 Å². The third-order valence-corrected chi connectivity index (χ3v) is 3.22. The summed E-state index contributed by atoms with van der Waals surface area (Å²) in [5, 5.41) is 7.58. The second-order valence-electron chi connectivity index (χ2n) is 4.55. The Morgan fingerprint density at radius 2 is 1.88 bits per heavy atom. The Hall–Kier alpha value is -0.900. The van der Waals surface area contributed by atoms with E-state index in [1.807, 2.05) is 0 Å². The molecule has 0 unspecified atom stereocenters. The number of hydrogen-bond donors (Lipinski definition) is 0. The molecule has 1 fully saturated rings. The summed E-state index contributed by atoms with van der Waals surface area (Å²) in [6.07, 6.45) is 10.4. The van der Waals surface area contributed by atoms with Gasteiger partial charge in [0, 0.05) is 6.42 Å². The normalized spacial score (nSPS) is 19.2. The van der Waals surface area contributed by atoms with Crippen molar-refractivity contribution in [3.63, 3.8) is 0 Å². The molecule has 0 atom stereocenters. The van der Waals surface area contributed by atoms with E-state index in [-0.39, 0.29) is 0 Å². The average Bonchev–Trinajstić information content (AvgIpc) is 2.73. The molecule has 90 valence electrons. The van der Waals surface area contributed by atoms with Crippen LogP contribution in [0.3, 0.4) is 0 Å². The quantitative estimate of drug-likeness (QED) is 0.785. The Bertz CT molecular complexity index is 266. The molecule has 1 aromatic heterocycles. The fraction of sp³-hybridized carbons (Fsp3) is 0.833. The molecule has 16 heavy (non-hydrogen) atoms. The standard InChI is InChI=1S/C12H21N3O/c1-2-4-8-15(9-5-3-1)10-6-7-12-14-13-11-16-12/h11H,1-10H2. The molecule has 2 heterocycles. The second kappa shape index (κ2) is 6.63. The van der Waals surface area contributed by atoms with Crippen LogP contribution in [-0.4, -0.2) is 34.7 Å². The summed E-state index contributed by atoms with van der Waals surface area (Å²) in [5.74, 6) is 0.770. The lowest BCUT2D eigenvalue weighted by Crippen LogP contribution is -2.28. The first-order valence-electron chi connectivity index (χ1n) is 6.42. The molecule has 1 saturated heterocycles. The minimum atomic E-state index is 0.770. The van der Waals surface area contributed by atoms with Gasteiger partial charge in [-0.15, -0.1) is 10.2 Å². The molecule has 1 aliphatic rings. The van der Waals surface area contributed by atoms with E-state index in [0.717, 1.165) is 18.7 Å². The molecule has 0 aromatic carbocycles. The number of hydrogen-bond acceptors (Lipinski definition) is 4. The SMILES string of the molecule is c1nnc(CCCN2CCCCCCC2)o1. The molecule has 0 amide bonds. The Morgan fingerprint density at radius 1 is 1.12 bits per heavy atom. The van der Waals surface area contributed by atoms with E-state index in [1.54, 1.807) is 0 Å². The van der Waals surface area contributed by atoms with Gasteiger partial charge in [0.25, 0.3) is 0 Å². The lowest BCUT2D eigenvalue weighted by Gasteiger charge is -2.24. The van der Waals surface area contributed by atoms with E-state index in [1.165, 1.54) is 58.1 Å². The van der Waals surface area contributed by atoms with Crippen molar-refractivity contribution in [2.75, 3.05) is 19.6 Å². The zero-order valence-corrected chi connectivity index (χ0v) is 9.90. The lowest BCUT2D eigenvalue weighted by atomic mass is 10.1. The van der Waals surface area contributed by atoms with Crippen molar-refractivity contribution < 1.29 is 4.42 Å². The molecule has 0 bridgehead atoms.